The number of amides is 2. The number of carbonyl (C=O) groups excluding carboxylic acids is 2. The first-order valence-corrected chi connectivity index (χ1v) is 9.12. The molecule has 1 heterocycles. The summed E-state index contributed by atoms with van der Waals surface area (Å²) in [6.07, 6.45) is 5.03. The zero-order chi connectivity index (χ0) is 18.5. The van der Waals surface area contributed by atoms with Crippen LogP contribution >= 0.6 is 23.2 Å². The second kappa shape index (κ2) is 8.39. The van der Waals surface area contributed by atoms with E-state index in [1.807, 2.05) is 4.90 Å². The average molecular weight is 389 g/mol. The monoisotopic (exact) mass is 388 g/mol. The van der Waals surface area contributed by atoms with Gasteiger partial charge in [-0.25, -0.2) is 0 Å². The molecule has 0 unspecified atom stereocenters. The molecule has 6 heteroatoms. The molecular formula is C20H18Cl2N2O2. The molecule has 0 aliphatic carbocycles. The Morgan fingerprint density at radius 3 is 2.50 bits per heavy atom. The fraction of sp³-hybridized carbons (Fsp3) is 0.200. The molecule has 26 heavy (non-hydrogen) atoms. The molecule has 0 bridgehead atoms. The molecule has 0 atom stereocenters. The van der Waals surface area contributed by atoms with Gasteiger partial charge in [0.25, 0.3) is 5.91 Å². The molecule has 0 saturated carbocycles. The first-order chi connectivity index (χ1) is 12.5. The number of hydrogen-bond donors (Lipinski definition) is 1. The van der Waals surface area contributed by atoms with Crippen LogP contribution in [0.3, 0.4) is 0 Å². The van der Waals surface area contributed by atoms with Gasteiger partial charge in [-0.3, -0.25) is 9.59 Å². The third-order valence-electron chi connectivity index (χ3n) is 4.19. The summed E-state index contributed by atoms with van der Waals surface area (Å²) in [5.41, 5.74) is 1.69. The lowest BCUT2D eigenvalue weighted by atomic mass is 10.1. The van der Waals surface area contributed by atoms with Crippen molar-refractivity contribution in [2.45, 2.75) is 12.8 Å². The highest BCUT2D eigenvalue weighted by molar-refractivity contribution is 6.35. The number of nitrogens with one attached hydrogen (secondary N) is 1. The third-order valence-corrected chi connectivity index (χ3v) is 4.75. The molecule has 0 radical (unpaired) electrons. The Morgan fingerprint density at radius 1 is 1.04 bits per heavy atom. The summed E-state index contributed by atoms with van der Waals surface area (Å²) in [6, 6.07) is 12.1. The molecule has 1 N–H and O–H groups in total. The number of carbonyl (C=O) groups is 2. The lowest BCUT2D eigenvalue weighted by Crippen LogP contribution is -2.28. The summed E-state index contributed by atoms with van der Waals surface area (Å²) in [4.78, 5) is 26.7. The Morgan fingerprint density at radius 2 is 1.77 bits per heavy atom. The van der Waals surface area contributed by atoms with Gasteiger partial charge in [0, 0.05) is 29.2 Å². The van der Waals surface area contributed by atoms with E-state index in [4.69, 9.17) is 23.2 Å². The van der Waals surface area contributed by atoms with E-state index < -0.39 is 0 Å². The molecule has 2 aromatic carbocycles. The number of likely N-dealkylation sites (tertiary alicyclic amines) is 1. The van der Waals surface area contributed by atoms with Crippen LogP contribution in [0.1, 0.15) is 28.8 Å². The summed E-state index contributed by atoms with van der Waals surface area (Å²) in [7, 11) is 0. The molecule has 2 aromatic rings. The van der Waals surface area contributed by atoms with E-state index in [1.165, 1.54) is 6.08 Å². The zero-order valence-electron chi connectivity index (χ0n) is 14.0. The van der Waals surface area contributed by atoms with Crippen LogP contribution in [-0.2, 0) is 4.79 Å². The van der Waals surface area contributed by atoms with E-state index in [0.717, 1.165) is 25.9 Å². The van der Waals surface area contributed by atoms with Crippen molar-refractivity contribution < 1.29 is 9.59 Å². The van der Waals surface area contributed by atoms with E-state index in [2.05, 4.69) is 5.32 Å². The van der Waals surface area contributed by atoms with E-state index in [1.54, 1.807) is 48.5 Å². The standard InChI is InChI=1S/C20H18Cl2N2O2/c21-15-9-7-14(17(22)13-15)8-10-19(25)23-18-6-2-1-5-16(18)20(26)24-11-3-4-12-24/h1-2,5-10,13H,3-4,11-12H2,(H,23,25)/b10-8+. The van der Waals surface area contributed by atoms with Crippen LogP contribution in [0.15, 0.2) is 48.5 Å². The highest BCUT2D eigenvalue weighted by Crippen LogP contribution is 2.23. The molecule has 134 valence electrons. The van der Waals surface area contributed by atoms with E-state index in [9.17, 15) is 9.59 Å². The van der Waals surface area contributed by atoms with Crippen LogP contribution in [0.5, 0.6) is 0 Å². The van der Waals surface area contributed by atoms with Crippen molar-refractivity contribution in [2.75, 3.05) is 18.4 Å². The summed E-state index contributed by atoms with van der Waals surface area (Å²) >= 11 is 12.0. The quantitative estimate of drug-likeness (QED) is 0.758. The Hall–Kier alpha value is -2.30. The van der Waals surface area contributed by atoms with Crippen molar-refractivity contribution in [2.24, 2.45) is 0 Å². The van der Waals surface area contributed by atoms with Gasteiger partial charge >= 0.3 is 0 Å². The van der Waals surface area contributed by atoms with Gasteiger partial charge < -0.3 is 10.2 Å². The summed E-state index contributed by atoms with van der Waals surface area (Å²) in [5.74, 6) is -0.388. The number of rotatable bonds is 4. The van der Waals surface area contributed by atoms with Gasteiger partial charge in [-0.1, -0.05) is 41.4 Å². The van der Waals surface area contributed by atoms with Crippen LogP contribution < -0.4 is 5.32 Å². The summed E-state index contributed by atoms with van der Waals surface area (Å²) in [6.45, 7) is 1.52. The Kier molecular flexibility index (Phi) is 5.96. The van der Waals surface area contributed by atoms with Gasteiger partial charge in [0.1, 0.15) is 0 Å². The number of hydrogen-bond acceptors (Lipinski definition) is 2. The second-order valence-electron chi connectivity index (χ2n) is 6.03. The first kappa shape index (κ1) is 18.5. The zero-order valence-corrected chi connectivity index (χ0v) is 15.6. The minimum Gasteiger partial charge on any atom is -0.339 e. The third kappa shape index (κ3) is 4.45. The molecule has 0 aromatic heterocycles. The first-order valence-electron chi connectivity index (χ1n) is 8.37. The highest BCUT2D eigenvalue weighted by atomic mass is 35.5. The van der Waals surface area contributed by atoms with Crippen LogP contribution in [-0.4, -0.2) is 29.8 Å². The maximum absolute atomic E-state index is 12.6. The molecule has 1 aliphatic rings. The number of nitrogens with zero attached hydrogens (tertiary/aromatic N) is 1. The van der Waals surface area contributed by atoms with Crippen LogP contribution in [0, 0.1) is 0 Å². The number of para-hydroxylation sites is 1. The number of anilines is 1. The van der Waals surface area contributed by atoms with Gasteiger partial charge in [-0.2, -0.15) is 0 Å². The lowest BCUT2D eigenvalue weighted by molar-refractivity contribution is -0.111. The Bertz CT molecular complexity index is 859. The van der Waals surface area contributed by atoms with E-state index >= 15 is 0 Å². The summed E-state index contributed by atoms with van der Waals surface area (Å²) in [5, 5.41) is 3.77. The van der Waals surface area contributed by atoms with Gasteiger partial charge in [0.15, 0.2) is 0 Å². The van der Waals surface area contributed by atoms with Gasteiger partial charge in [-0.05, 0) is 48.7 Å². The molecule has 3 rings (SSSR count). The molecule has 0 spiro atoms. The highest BCUT2D eigenvalue weighted by Gasteiger charge is 2.21. The largest absolute Gasteiger partial charge is 0.339 e. The van der Waals surface area contributed by atoms with Gasteiger partial charge in [0.05, 0.1) is 11.3 Å². The van der Waals surface area contributed by atoms with Crippen LogP contribution in [0.25, 0.3) is 6.08 Å². The molecule has 1 aliphatic heterocycles. The fourth-order valence-electron chi connectivity index (χ4n) is 2.85. The van der Waals surface area contributed by atoms with Crippen LogP contribution in [0.4, 0.5) is 5.69 Å². The predicted molar refractivity (Wildman–Crippen MR) is 106 cm³/mol. The SMILES string of the molecule is O=C(/C=C/c1ccc(Cl)cc1Cl)Nc1ccccc1C(=O)N1CCCC1. The smallest absolute Gasteiger partial charge is 0.255 e. The van der Waals surface area contributed by atoms with Crippen molar-refractivity contribution in [3.63, 3.8) is 0 Å². The average Bonchev–Trinajstić information content (AvgIpc) is 3.15. The molecule has 2 amide bonds. The Labute approximate surface area is 162 Å². The minimum absolute atomic E-state index is 0.0527. The number of benzene rings is 2. The van der Waals surface area contributed by atoms with Crippen molar-refractivity contribution in [3.8, 4) is 0 Å². The predicted octanol–water partition coefficient (Wildman–Crippen LogP) is 4.88. The van der Waals surface area contributed by atoms with E-state index in [0.29, 0.717) is 26.9 Å². The minimum atomic E-state index is -0.335. The molecule has 4 nitrogen and oxygen atoms in total. The maximum Gasteiger partial charge on any atom is 0.255 e. The molecular weight excluding hydrogens is 371 g/mol. The number of halogens is 2. The van der Waals surface area contributed by atoms with Crippen molar-refractivity contribution in [1.82, 2.24) is 4.90 Å². The fourth-order valence-corrected chi connectivity index (χ4v) is 3.32. The summed E-state index contributed by atoms with van der Waals surface area (Å²) < 4.78 is 0. The Balaban J connectivity index is 1.73. The van der Waals surface area contributed by atoms with Crippen molar-refractivity contribution in [3.05, 3.63) is 69.7 Å². The van der Waals surface area contributed by atoms with Crippen molar-refractivity contribution >= 4 is 46.8 Å². The van der Waals surface area contributed by atoms with Crippen molar-refractivity contribution in [1.29, 1.82) is 0 Å². The lowest BCUT2D eigenvalue weighted by Gasteiger charge is -2.17. The molecule has 1 fully saturated rings. The second-order valence-corrected chi connectivity index (χ2v) is 6.88. The van der Waals surface area contributed by atoms with Gasteiger partial charge in [0.2, 0.25) is 5.91 Å². The maximum atomic E-state index is 12.6. The molecule has 1 saturated heterocycles. The normalized spacial score (nSPS) is 14.0. The van der Waals surface area contributed by atoms with Crippen LogP contribution in [0.2, 0.25) is 10.0 Å². The topological polar surface area (TPSA) is 49.4 Å². The van der Waals surface area contributed by atoms with E-state index in [-0.39, 0.29) is 11.8 Å². The van der Waals surface area contributed by atoms with Gasteiger partial charge in [-0.15, -0.1) is 0 Å².